The quantitative estimate of drug-likeness (QED) is 0.795. The van der Waals surface area contributed by atoms with Gasteiger partial charge in [0.1, 0.15) is 5.75 Å². The second kappa shape index (κ2) is 5.95. The lowest BCUT2D eigenvalue weighted by atomic mass is 10.1. The van der Waals surface area contributed by atoms with E-state index >= 15 is 0 Å². The zero-order valence-corrected chi connectivity index (χ0v) is 12.5. The molecule has 0 spiro atoms. The molecule has 3 rings (SSSR count). The molecule has 0 aliphatic heterocycles. The average molecular weight is 307 g/mol. The summed E-state index contributed by atoms with van der Waals surface area (Å²) in [4.78, 5) is 11.7. The summed E-state index contributed by atoms with van der Waals surface area (Å²) in [6.45, 7) is 0. The van der Waals surface area contributed by atoms with E-state index in [1.165, 1.54) is 11.8 Å². The maximum absolute atomic E-state index is 11.7. The van der Waals surface area contributed by atoms with Gasteiger partial charge in [0.2, 0.25) is 0 Å². The predicted molar refractivity (Wildman–Crippen MR) is 79.8 cm³/mol. The van der Waals surface area contributed by atoms with Crippen molar-refractivity contribution in [1.82, 2.24) is 14.8 Å². The van der Waals surface area contributed by atoms with Gasteiger partial charge < -0.3 is 9.84 Å². The molecule has 2 aromatic rings. The van der Waals surface area contributed by atoms with Crippen molar-refractivity contribution in [1.29, 1.82) is 0 Å². The average Bonchev–Trinajstić information content (AvgIpc) is 3.28. The van der Waals surface area contributed by atoms with Gasteiger partial charge in [-0.05, 0) is 30.5 Å². The summed E-state index contributed by atoms with van der Waals surface area (Å²) in [6, 6.07) is 7.61. The van der Waals surface area contributed by atoms with Gasteiger partial charge >= 0.3 is 5.69 Å². The molecule has 1 aliphatic rings. The van der Waals surface area contributed by atoms with Crippen LogP contribution in [0.4, 0.5) is 0 Å². The van der Waals surface area contributed by atoms with Gasteiger partial charge in [-0.25, -0.2) is 9.89 Å². The number of methoxy groups -OCH3 is 1. The van der Waals surface area contributed by atoms with E-state index in [9.17, 15) is 9.90 Å². The number of hydrogen-bond donors (Lipinski definition) is 2. The first kappa shape index (κ1) is 14.2. The van der Waals surface area contributed by atoms with E-state index in [4.69, 9.17) is 4.74 Å². The van der Waals surface area contributed by atoms with Crippen molar-refractivity contribution in [2.45, 2.75) is 30.1 Å². The largest absolute Gasteiger partial charge is 0.497 e. The molecular weight excluding hydrogens is 290 g/mol. The molecular formula is C14H17N3O3S. The number of H-pyrrole nitrogens is 1. The molecule has 1 heterocycles. The second-order valence-electron chi connectivity index (χ2n) is 5.02. The van der Waals surface area contributed by atoms with Crippen LogP contribution < -0.4 is 10.4 Å². The van der Waals surface area contributed by atoms with Crippen LogP contribution in [0, 0.1) is 0 Å². The third kappa shape index (κ3) is 3.14. The third-order valence-corrected chi connectivity index (χ3v) is 4.46. The van der Waals surface area contributed by atoms with Crippen LogP contribution in [-0.2, 0) is 0 Å². The molecule has 1 saturated carbocycles. The number of ether oxygens (including phenoxy) is 1. The Morgan fingerprint density at radius 1 is 1.57 bits per heavy atom. The standard InChI is InChI=1S/C14H17N3O3S/c1-20-11-4-2-3-9(7-11)12(18)8-21-14-16-15-13(19)17(14)10-5-6-10/h2-4,7,10,12,18H,5-6,8H2,1H3,(H,15,19). The molecule has 0 amide bonds. The van der Waals surface area contributed by atoms with Crippen molar-refractivity contribution in [3.8, 4) is 5.75 Å². The van der Waals surface area contributed by atoms with E-state index in [2.05, 4.69) is 10.2 Å². The maximum atomic E-state index is 11.7. The van der Waals surface area contributed by atoms with Crippen molar-refractivity contribution in [2.75, 3.05) is 12.9 Å². The zero-order chi connectivity index (χ0) is 14.8. The lowest BCUT2D eigenvalue weighted by Crippen LogP contribution is -2.16. The molecule has 0 bridgehead atoms. The van der Waals surface area contributed by atoms with E-state index in [1.54, 1.807) is 11.7 Å². The minimum absolute atomic E-state index is 0.170. The summed E-state index contributed by atoms with van der Waals surface area (Å²) in [6.07, 6.45) is 1.40. The molecule has 0 radical (unpaired) electrons. The van der Waals surface area contributed by atoms with Gasteiger partial charge in [0.05, 0.1) is 13.2 Å². The Morgan fingerprint density at radius 3 is 3.10 bits per heavy atom. The van der Waals surface area contributed by atoms with Gasteiger partial charge in [0.15, 0.2) is 5.16 Å². The summed E-state index contributed by atoms with van der Waals surface area (Å²) in [5.74, 6) is 1.15. The van der Waals surface area contributed by atoms with Crippen LogP contribution in [0.25, 0.3) is 0 Å². The fourth-order valence-electron chi connectivity index (χ4n) is 2.15. The van der Waals surface area contributed by atoms with Crippen molar-refractivity contribution in [3.05, 3.63) is 40.3 Å². The highest BCUT2D eigenvalue weighted by Crippen LogP contribution is 2.36. The molecule has 1 aromatic heterocycles. The second-order valence-corrected chi connectivity index (χ2v) is 6.00. The molecule has 0 saturated heterocycles. The fourth-order valence-corrected chi connectivity index (χ4v) is 3.13. The van der Waals surface area contributed by atoms with Gasteiger partial charge in [-0.2, -0.15) is 0 Å². The molecule has 1 unspecified atom stereocenters. The minimum Gasteiger partial charge on any atom is -0.497 e. The number of rotatable bonds is 6. The Balaban J connectivity index is 1.68. The first-order valence-corrected chi connectivity index (χ1v) is 7.79. The van der Waals surface area contributed by atoms with Crippen LogP contribution in [0.1, 0.15) is 30.6 Å². The van der Waals surface area contributed by atoms with E-state index in [0.717, 1.165) is 18.4 Å². The lowest BCUT2D eigenvalue weighted by molar-refractivity contribution is 0.203. The summed E-state index contributed by atoms with van der Waals surface area (Å²) < 4.78 is 6.83. The summed E-state index contributed by atoms with van der Waals surface area (Å²) in [5, 5.41) is 17.4. The zero-order valence-electron chi connectivity index (χ0n) is 11.7. The Kier molecular flexibility index (Phi) is 4.03. The number of hydrogen-bond acceptors (Lipinski definition) is 5. The third-order valence-electron chi connectivity index (χ3n) is 3.43. The first-order chi connectivity index (χ1) is 10.2. The Hall–Kier alpha value is -1.73. The topological polar surface area (TPSA) is 80.1 Å². The van der Waals surface area contributed by atoms with Crippen LogP contribution in [0.3, 0.4) is 0 Å². The van der Waals surface area contributed by atoms with Gasteiger partial charge in [0, 0.05) is 11.8 Å². The number of nitrogens with one attached hydrogen (secondary N) is 1. The molecule has 7 heteroatoms. The molecule has 21 heavy (non-hydrogen) atoms. The van der Waals surface area contributed by atoms with E-state index < -0.39 is 6.10 Å². The van der Waals surface area contributed by atoms with Crippen LogP contribution in [0.5, 0.6) is 5.75 Å². The summed E-state index contributed by atoms with van der Waals surface area (Å²) >= 11 is 1.38. The Bertz CT molecular complexity index is 678. The highest BCUT2D eigenvalue weighted by molar-refractivity contribution is 7.99. The minimum atomic E-state index is -0.635. The van der Waals surface area contributed by atoms with Crippen LogP contribution in [-0.4, -0.2) is 32.7 Å². The van der Waals surface area contributed by atoms with Crippen molar-refractivity contribution in [3.63, 3.8) is 0 Å². The molecule has 1 atom stereocenters. The van der Waals surface area contributed by atoms with Gasteiger partial charge in [-0.1, -0.05) is 23.9 Å². The number of nitrogens with zero attached hydrogens (tertiary/aromatic N) is 2. The van der Waals surface area contributed by atoms with E-state index in [-0.39, 0.29) is 11.7 Å². The lowest BCUT2D eigenvalue weighted by Gasteiger charge is -2.11. The van der Waals surface area contributed by atoms with Crippen LogP contribution >= 0.6 is 11.8 Å². The number of aliphatic hydroxyl groups is 1. The van der Waals surface area contributed by atoms with Gasteiger partial charge in [-0.3, -0.25) is 4.57 Å². The number of aromatic amines is 1. The number of benzene rings is 1. The van der Waals surface area contributed by atoms with Crippen molar-refractivity contribution in [2.24, 2.45) is 0 Å². The summed E-state index contributed by atoms with van der Waals surface area (Å²) in [7, 11) is 1.60. The highest BCUT2D eigenvalue weighted by Gasteiger charge is 2.28. The van der Waals surface area contributed by atoms with E-state index in [1.807, 2.05) is 24.3 Å². The SMILES string of the molecule is COc1cccc(C(O)CSc2n[nH]c(=O)n2C2CC2)c1. The molecule has 2 N–H and O–H groups in total. The van der Waals surface area contributed by atoms with Gasteiger partial charge in [0.25, 0.3) is 0 Å². The van der Waals surface area contributed by atoms with Gasteiger partial charge in [-0.15, -0.1) is 5.10 Å². The van der Waals surface area contributed by atoms with Crippen LogP contribution in [0.15, 0.2) is 34.2 Å². The molecule has 6 nitrogen and oxygen atoms in total. The molecule has 1 fully saturated rings. The normalized spacial score (nSPS) is 15.9. The fraction of sp³-hybridized carbons (Fsp3) is 0.429. The molecule has 1 aromatic carbocycles. The van der Waals surface area contributed by atoms with Crippen molar-refractivity contribution >= 4 is 11.8 Å². The monoisotopic (exact) mass is 307 g/mol. The van der Waals surface area contributed by atoms with Crippen molar-refractivity contribution < 1.29 is 9.84 Å². The summed E-state index contributed by atoms with van der Waals surface area (Å²) in [5.41, 5.74) is 0.619. The first-order valence-electron chi connectivity index (χ1n) is 6.80. The van der Waals surface area contributed by atoms with Crippen LogP contribution in [0.2, 0.25) is 0 Å². The number of thioether (sulfide) groups is 1. The maximum Gasteiger partial charge on any atom is 0.344 e. The Morgan fingerprint density at radius 2 is 2.38 bits per heavy atom. The highest BCUT2D eigenvalue weighted by atomic mass is 32.2. The number of aromatic nitrogens is 3. The number of aliphatic hydroxyl groups excluding tert-OH is 1. The smallest absolute Gasteiger partial charge is 0.344 e. The molecule has 112 valence electrons. The molecule has 1 aliphatic carbocycles. The van der Waals surface area contributed by atoms with E-state index in [0.29, 0.717) is 16.7 Å². The Labute approximate surface area is 126 Å². The predicted octanol–water partition coefficient (Wildman–Crippen LogP) is 1.74.